The molecule has 2 aliphatic rings. The third-order valence-corrected chi connectivity index (χ3v) is 4.84. The monoisotopic (exact) mass is 287 g/mol. The predicted octanol–water partition coefficient (Wildman–Crippen LogP) is 1.97. The average Bonchev–Trinajstić information content (AvgIpc) is 2.53. The molecule has 0 bridgehead atoms. The number of fused-ring (bicyclic) bond motifs is 1. The van der Waals surface area contributed by atoms with Crippen LogP contribution in [0.5, 0.6) is 0 Å². The van der Waals surface area contributed by atoms with E-state index in [1.807, 2.05) is 18.0 Å². The van der Waals surface area contributed by atoms with Crippen molar-refractivity contribution in [2.45, 2.75) is 37.8 Å². The lowest BCUT2D eigenvalue weighted by atomic mass is 9.96. The van der Waals surface area contributed by atoms with Gasteiger partial charge in [0.05, 0.1) is 0 Å². The highest BCUT2D eigenvalue weighted by molar-refractivity contribution is 5.85. The van der Waals surface area contributed by atoms with Crippen molar-refractivity contribution in [1.82, 2.24) is 9.80 Å². The van der Waals surface area contributed by atoms with E-state index in [1.54, 1.807) is 0 Å². The number of piperidine rings is 1. The molecule has 114 valence electrons. The van der Waals surface area contributed by atoms with Crippen LogP contribution in [-0.2, 0) is 11.2 Å². The van der Waals surface area contributed by atoms with Crippen molar-refractivity contribution < 1.29 is 4.79 Å². The van der Waals surface area contributed by atoms with Crippen molar-refractivity contribution in [2.24, 2.45) is 0 Å². The summed E-state index contributed by atoms with van der Waals surface area (Å²) in [5.74, 6) is 0.241. The lowest BCUT2D eigenvalue weighted by Crippen LogP contribution is -2.52. The molecular formula is C17H25N3O. The average molecular weight is 287 g/mol. The van der Waals surface area contributed by atoms with E-state index in [0.29, 0.717) is 6.04 Å². The van der Waals surface area contributed by atoms with Crippen LogP contribution in [0.4, 0.5) is 5.69 Å². The molecule has 2 aliphatic heterocycles. The number of carbonyl (C=O) groups excluding carboxylic acids is 1. The van der Waals surface area contributed by atoms with Gasteiger partial charge in [-0.15, -0.1) is 0 Å². The molecule has 2 atom stereocenters. The van der Waals surface area contributed by atoms with Gasteiger partial charge in [0, 0.05) is 25.3 Å². The summed E-state index contributed by atoms with van der Waals surface area (Å²) in [5.41, 5.74) is 2.44. The van der Waals surface area contributed by atoms with Crippen molar-refractivity contribution in [3.63, 3.8) is 0 Å². The fourth-order valence-electron chi connectivity index (χ4n) is 3.51. The van der Waals surface area contributed by atoms with E-state index in [-0.39, 0.29) is 11.9 Å². The number of carbonyl (C=O) groups is 1. The van der Waals surface area contributed by atoms with Crippen molar-refractivity contribution in [2.75, 3.05) is 32.5 Å². The third-order valence-electron chi connectivity index (χ3n) is 4.84. The normalized spacial score (nSPS) is 25.8. The lowest BCUT2D eigenvalue weighted by Gasteiger charge is -2.38. The van der Waals surface area contributed by atoms with E-state index >= 15 is 0 Å². The molecule has 2 heterocycles. The van der Waals surface area contributed by atoms with E-state index in [9.17, 15) is 4.79 Å². The summed E-state index contributed by atoms with van der Waals surface area (Å²) in [6, 6.07) is 8.59. The van der Waals surface area contributed by atoms with Gasteiger partial charge in [0.1, 0.15) is 6.04 Å². The highest BCUT2D eigenvalue weighted by atomic mass is 16.2. The first-order chi connectivity index (χ1) is 10.1. The van der Waals surface area contributed by atoms with Crippen molar-refractivity contribution in [3.8, 4) is 0 Å². The molecule has 0 spiro atoms. The topological polar surface area (TPSA) is 35.6 Å². The Morgan fingerprint density at radius 1 is 1.33 bits per heavy atom. The maximum absolute atomic E-state index is 12.8. The molecule has 0 saturated carbocycles. The fourth-order valence-corrected chi connectivity index (χ4v) is 3.51. The predicted molar refractivity (Wildman–Crippen MR) is 85.5 cm³/mol. The quantitative estimate of drug-likeness (QED) is 0.903. The Morgan fingerprint density at radius 2 is 2.14 bits per heavy atom. The summed E-state index contributed by atoms with van der Waals surface area (Å²) >= 11 is 0. The largest absolute Gasteiger partial charge is 0.373 e. The highest BCUT2D eigenvalue weighted by Crippen LogP contribution is 2.25. The van der Waals surface area contributed by atoms with Crippen molar-refractivity contribution >= 4 is 11.6 Å². The number of anilines is 1. The summed E-state index contributed by atoms with van der Waals surface area (Å²) in [6.07, 6.45) is 4.18. The number of para-hydroxylation sites is 1. The van der Waals surface area contributed by atoms with E-state index in [1.165, 1.54) is 12.0 Å². The Kier molecular flexibility index (Phi) is 4.15. The molecule has 0 aromatic heterocycles. The molecule has 1 aromatic rings. The van der Waals surface area contributed by atoms with Crippen LogP contribution in [0.2, 0.25) is 0 Å². The molecule has 0 radical (unpaired) electrons. The Labute approximate surface area is 127 Å². The number of nitrogens with one attached hydrogen (secondary N) is 1. The van der Waals surface area contributed by atoms with Gasteiger partial charge < -0.3 is 15.1 Å². The zero-order chi connectivity index (χ0) is 14.8. The van der Waals surface area contributed by atoms with Gasteiger partial charge >= 0.3 is 0 Å². The number of aryl methyl sites for hydroxylation is 1. The number of benzene rings is 1. The highest BCUT2D eigenvalue weighted by Gasteiger charge is 2.31. The first-order valence-electron chi connectivity index (χ1n) is 7.95. The van der Waals surface area contributed by atoms with E-state index < -0.39 is 0 Å². The second-order valence-electron chi connectivity index (χ2n) is 6.40. The van der Waals surface area contributed by atoms with Gasteiger partial charge in [-0.3, -0.25) is 4.79 Å². The molecule has 3 rings (SSSR count). The maximum Gasteiger partial charge on any atom is 0.245 e. The van der Waals surface area contributed by atoms with Gasteiger partial charge in [0.25, 0.3) is 0 Å². The SMILES string of the molecule is CN1CCCC(N(C)C(=O)C2CCc3ccccc3N2)C1. The second-order valence-corrected chi connectivity index (χ2v) is 6.40. The van der Waals surface area contributed by atoms with Gasteiger partial charge in [0.2, 0.25) is 5.91 Å². The second kappa shape index (κ2) is 6.06. The molecule has 1 aromatic carbocycles. The molecule has 21 heavy (non-hydrogen) atoms. The molecule has 1 N–H and O–H groups in total. The summed E-state index contributed by atoms with van der Waals surface area (Å²) in [4.78, 5) is 17.1. The number of hydrogen-bond acceptors (Lipinski definition) is 3. The molecule has 1 saturated heterocycles. The Balaban J connectivity index is 1.66. The number of rotatable bonds is 2. The molecule has 4 nitrogen and oxygen atoms in total. The molecule has 0 aliphatic carbocycles. The van der Waals surface area contributed by atoms with Crippen LogP contribution < -0.4 is 5.32 Å². The summed E-state index contributed by atoms with van der Waals surface area (Å²) in [6.45, 7) is 2.14. The Bertz CT molecular complexity index is 517. The van der Waals surface area contributed by atoms with Crippen LogP contribution in [0.25, 0.3) is 0 Å². The van der Waals surface area contributed by atoms with Crippen LogP contribution in [0.15, 0.2) is 24.3 Å². The van der Waals surface area contributed by atoms with Gasteiger partial charge in [0.15, 0.2) is 0 Å². The minimum Gasteiger partial charge on any atom is -0.373 e. The van der Waals surface area contributed by atoms with Gasteiger partial charge in [-0.2, -0.15) is 0 Å². The van der Waals surface area contributed by atoms with Gasteiger partial charge in [-0.05, 0) is 50.9 Å². The molecule has 2 unspecified atom stereocenters. The lowest BCUT2D eigenvalue weighted by molar-refractivity contribution is -0.133. The first-order valence-corrected chi connectivity index (χ1v) is 7.95. The number of nitrogens with zero attached hydrogens (tertiary/aromatic N) is 2. The fraction of sp³-hybridized carbons (Fsp3) is 0.588. The molecule has 1 amide bonds. The van der Waals surface area contributed by atoms with Crippen LogP contribution in [0.3, 0.4) is 0 Å². The zero-order valence-electron chi connectivity index (χ0n) is 13.0. The maximum atomic E-state index is 12.8. The Hall–Kier alpha value is -1.55. The summed E-state index contributed by atoms with van der Waals surface area (Å²) in [7, 11) is 4.11. The number of hydrogen-bond donors (Lipinski definition) is 1. The minimum atomic E-state index is -0.0721. The third kappa shape index (κ3) is 3.05. The van der Waals surface area contributed by atoms with Crippen LogP contribution in [0.1, 0.15) is 24.8 Å². The van der Waals surface area contributed by atoms with Crippen molar-refractivity contribution in [1.29, 1.82) is 0 Å². The molecule has 4 heteroatoms. The van der Waals surface area contributed by atoms with Crippen LogP contribution in [-0.4, -0.2) is 55.0 Å². The summed E-state index contributed by atoms with van der Waals surface area (Å²) < 4.78 is 0. The number of amides is 1. The summed E-state index contributed by atoms with van der Waals surface area (Å²) in [5, 5.41) is 3.42. The van der Waals surface area contributed by atoms with Gasteiger partial charge in [-0.25, -0.2) is 0 Å². The van der Waals surface area contributed by atoms with Crippen LogP contribution in [0, 0.1) is 0 Å². The van der Waals surface area contributed by atoms with E-state index in [4.69, 9.17) is 0 Å². The minimum absolute atomic E-state index is 0.0721. The molecular weight excluding hydrogens is 262 g/mol. The zero-order valence-corrected chi connectivity index (χ0v) is 13.0. The standard InChI is InChI=1S/C17H25N3O/c1-19-11-5-7-14(12-19)20(2)17(21)16-10-9-13-6-3-4-8-15(13)18-16/h3-4,6,8,14,16,18H,5,7,9-12H2,1-2H3. The number of likely N-dealkylation sites (N-methyl/N-ethyl adjacent to an activating group) is 2. The van der Waals surface area contributed by atoms with E-state index in [2.05, 4.69) is 35.5 Å². The van der Waals surface area contributed by atoms with Crippen LogP contribution >= 0.6 is 0 Å². The van der Waals surface area contributed by atoms with E-state index in [0.717, 1.165) is 38.0 Å². The smallest absolute Gasteiger partial charge is 0.245 e. The van der Waals surface area contributed by atoms with Gasteiger partial charge in [-0.1, -0.05) is 18.2 Å². The number of likely N-dealkylation sites (tertiary alicyclic amines) is 1. The Morgan fingerprint density at radius 3 is 2.95 bits per heavy atom. The first kappa shape index (κ1) is 14.4. The molecule has 1 fully saturated rings. The van der Waals surface area contributed by atoms with Crippen molar-refractivity contribution in [3.05, 3.63) is 29.8 Å².